The van der Waals surface area contributed by atoms with Crippen LogP contribution in [-0.2, 0) is 0 Å². The van der Waals surface area contributed by atoms with Gasteiger partial charge in [-0.05, 0) is 59.7 Å². The van der Waals surface area contributed by atoms with Crippen LogP contribution in [0, 0.1) is 0 Å². The second-order valence-electron chi connectivity index (χ2n) is 6.46. The van der Waals surface area contributed by atoms with E-state index in [1.807, 2.05) is 18.2 Å². The molecule has 146 valence electrons. The molecule has 0 amide bonds. The van der Waals surface area contributed by atoms with Gasteiger partial charge in [0.05, 0.1) is 33.9 Å². The van der Waals surface area contributed by atoms with Crippen LogP contribution >= 0.6 is 0 Å². The Balaban J connectivity index is 1.88. The first kappa shape index (κ1) is 18.9. The fourth-order valence-corrected chi connectivity index (χ4v) is 2.98. The van der Waals surface area contributed by atoms with Crippen molar-refractivity contribution in [3.05, 3.63) is 90.3 Å². The van der Waals surface area contributed by atoms with Gasteiger partial charge in [0.2, 0.25) is 0 Å². The fraction of sp³-hybridized carbons (Fsp3) is 0. The summed E-state index contributed by atoms with van der Waals surface area (Å²) in [6.45, 7) is 0. The van der Waals surface area contributed by atoms with Gasteiger partial charge in [0.1, 0.15) is 0 Å². The minimum absolute atomic E-state index is 0.109. The predicted octanol–water partition coefficient (Wildman–Crippen LogP) is 4.27. The van der Waals surface area contributed by atoms with Gasteiger partial charge in [-0.25, -0.2) is 14.6 Å². The summed E-state index contributed by atoms with van der Waals surface area (Å²) in [5, 5.41) is 18.4. The van der Waals surface area contributed by atoms with Crippen LogP contribution in [0.4, 0.5) is 0 Å². The van der Waals surface area contributed by atoms with Gasteiger partial charge in [0.25, 0.3) is 0 Å². The number of rotatable bonds is 5. The second-order valence-corrected chi connectivity index (χ2v) is 6.46. The van der Waals surface area contributed by atoms with E-state index in [0.717, 1.165) is 11.1 Å². The maximum Gasteiger partial charge on any atom is 0.335 e. The minimum atomic E-state index is -1.05. The molecule has 30 heavy (non-hydrogen) atoms. The lowest BCUT2D eigenvalue weighted by atomic mass is 10.0. The zero-order valence-electron chi connectivity index (χ0n) is 15.6. The lowest BCUT2D eigenvalue weighted by Gasteiger charge is -2.10. The third kappa shape index (κ3) is 3.90. The van der Waals surface area contributed by atoms with Crippen LogP contribution in [0.1, 0.15) is 20.7 Å². The number of nitrogens with zero attached hydrogens (tertiary/aromatic N) is 3. The number of hydrogen-bond acceptors (Lipinski definition) is 5. The van der Waals surface area contributed by atoms with Crippen molar-refractivity contribution in [1.82, 2.24) is 15.0 Å². The average molecular weight is 397 g/mol. The van der Waals surface area contributed by atoms with Crippen molar-refractivity contribution in [3.8, 4) is 33.9 Å². The molecule has 0 atom stereocenters. The monoisotopic (exact) mass is 397 g/mol. The molecule has 0 spiro atoms. The van der Waals surface area contributed by atoms with Crippen LogP contribution in [0.15, 0.2) is 79.1 Å². The van der Waals surface area contributed by atoms with Crippen LogP contribution < -0.4 is 0 Å². The summed E-state index contributed by atoms with van der Waals surface area (Å²) in [6, 6.07) is 18.5. The topological polar surface area (TPSA) is 113 Å². The van der Waals surface area contributed by atoms with E-state index in [0.29, 0.717) is 22.8 Å². The summed E-state index contributed by atoms with van der Waals surface area (Å²) in [5.74, 6) is -2.05. The summed E-state index contributed by atoms with van der Waals surface area (Å²) < 4.78 is 0. The van der Waals surface area contributed by atoms with Crippen molar-refractivity contribution in [1.29, 1.82) is 0 Å². The van der Waals surface area contributed by atoms with Gasteiger partial charge < -0.3 is 10.2 Å². The number of pyridine rings is 3. The van der Waals surface area contributed by atoms with E-state index >= 15 is 0 Å². The highest BCUT2D eigenvalue weighted by molar-refractivity contribution is 5.89. The molecule has 4 aromatic rings. The smallest absolute Gasteiger partial charge is 0.335 e. The highest BCUT2D eigenvalue weighted by Crippen LogP contribution is 2.29. The lowest BCUT2D eigenvalue weighted by Crippen LogP contribution is -1.99. The number of aromatic nitrogens is 3. The maximum atomic E-state index is 11.3. The summed E-state index contributed by atoms with van der Waals surface area (Å²) in [6.07, 6.45) is 3.09. The number of benzene rings is 1. The van der Waals surface area contributed by atoms with Crippen molar-refractivity contribution in [2.75, 3.05) is 0 Å². The van der Waals surface area contributed by atoms with E-state index in [4.69, 9.17) is 5.11 Å². The number of aromatic carboxylic acids is 2. The summed E-state index contributed by atoms with van der Waals surface area (Å²) in [7, 11) is 0. The van der Waals surface area contributed by atoms with Crippen molar-refractivity contribution in [2.45, 2.75) is 0 Å². The van der Waals surface area contributed by atoms with Crippen molar-refractivity contribution in [2.24, 2.45) is 0 Å². The van der Waals surface area contributed by atoms with Crippen LogP contribution in [0.5, 0.6) is 0 Å². The van der Waals surface area contributed by atoms with Gasteiger partial charge in [-0.15, -0.1) is 0 Å². The number of carboxylic acid groups (broad SMARTS) is 2. The molecule has 7 nitrogen and oxygen atoms in total. The average Bonchev–Trinajstić information content (AvgIpc) is 2.79. The molecule has 0 aliphatic carbocycles. The third-order valence-corrected chi connectivity index (χ3v) is 4.49. The number of carbonyl (C=O) groups is 2. The fourth-order valence-electron chi connectivity index (χ4n) is 2.98. The first-order valence-corrected chi connectivity index (χ1v) is 8.98. The summed E-state index contributed by atoms with van der Waals surface area (Å²) in [5.41, 5.74) is 4.00. The van der Waals surface area contributed by atoms with Crippen LogP contribution in [0.3, 0.4) is 0 Å². The molecule has 3 heterocycles. The normalized spacial score (nSPS) is 10.5. The van der Waals surface area contributed by atoms with Gasteiger partial charge in [-0.1, -0.05) is 18.2 Å². The quantitative estimate of drug-likeness (QED) is 0.517. The molecule has 0 unspecified atom stereocenters. The van der Waals surface area contributed by atoms with E-state index in [-0.39, 0.29) is 11.1 Å². The molecular formula is C23H15N3O4. The Morgan fingerprint density at radius 1 is 0.600 bits per heavy atom. The molecule has 0 radical (unpaired) electrons. The van der Waals surface area contributed by atoms with Gasteiger partial charge in [-0.3, -0.25) is 9.97 Å². The molecule has 7 heteroatoms. The molecule has 2 N–H and O–H groups in total. The second kappa shape index (κ2) is 7.92. The Morgan fingerprint density at radius 2 is 1.27 bits per heavy atom. The van der Waals surface area contributed by atoms with Crippen LogP contribution in [-0.4, -0.2) is 37.1 Å². The van der Waals surface area contributed by atoms with Crippen molar-refractivity contribution >= 4 is 11.9 Å². The van der Waals surface area contributed by atoms with Crippen molar-refractivity contribution in [3.63, 3.8) is 0 Å². The largest absolute Gasteiger partial charge is 0.478 e. The minimum Gasteiger partial charge on any atom is -0.478 e. The highest BCUT2D eigenvalue weighted by Gasteiger charge is 2.13. The number of hydrogen-bond donors (Lipinski definition) is 2. The molecule has 3 aromatic heterocycles. The predicted molar refractivity (Wildman–Crippen MR) is 110 cm³/mol. The molecule has 0 saturated heterocycles. The van der Waals surface area contributed by atoms with Gasteiger partial charge >= 0.3 is 11.9 Å². The Hall–Kier alpha value is -4.39. The van der Waals surface area contributed by atoms with Gasteiger partial charge in [-0.2, -0.15) is 0 Å². The molecule has 4 rings (SSSR count). The first-order chi connectivity index (χ1) is 14.5. The Morgan fingerprint density at radius 3 is 1.90 bits per heavy atom. The molecular weight excluding hydrogens is 382 g/mol. The summed E-state index contributed by atoms with van der Waals surface area (Å²) >= 11 is 0. The van der Waals surface area contributed by atoms with Crippen LogP contribution in [0.2, 0.25) is 0 Å². The molecule has 0 fully saturated rings. The van der Waals surface area contributed by atoms with E-state index in [2.05, 4.69) is 15.0 Å². The zero-order valence-corrected chi connectivity index (χ0v) is 15.6. The lowest BCUT2D eigenvalue weighted by molar-refractivity contribution is 0.0686. The van der Waals surface area contributed by atoms with E-state index < -0.39 is 11.9 Å². The van der Waals surface area contributed by atoms with Crippen molar-refractivity contribution < 1.29 is 19.8 Å². The van der Waals surface area contributed by atoms with Gasteiger partial charge in [0, 0.05) is 12.4 Å². The Bertz CT molecular complexity index is 1240. The zero-order chi connectivity index (χ0) is 21.1. The molecule has 0 saturated carbocycles. The van der Waals surface area contributed by atoms with Crippen LogP contribution in [0.25, 0.3) is 33.9 Å². The molecule has 0 aliphatic rings. The molecule has 0 bridgehead atoms. The Labute approximate surface area is 171 Å². The molecule has 1 aromatic carbocycles. The number of carboxylic acids is 2. The van der Waals surface area contributed by atoms with Gasteiger partial charge in [0.15, 0.2) is 0 Å². The summed E-state index contributed by atoms with van der Waals surface area (Å²) in [4.78, 5) is 35.7. The van der Waals surface area contributed by atoms with E-state index in [1.165, 1.54) is 30.5 Å². The Kier molecular flexibility index (Phi) is 5.00. The SMILES string of the molecule is O=C(O)c1ccc(-c2cc(-c3ccccn3)nc(-c3cc(C(=O)O)ccn3)c2)cc1. The maximum absolute atomic E-state index is 11.3. The van der Waals surface area contributed by atoms with E-state index in [9.17, 15) is 14.7 Å². The van der Waals surface area contributed by atoms with E-state index in [1.54, 1.807) is 30.5 Å². The standard InChI is InChI=1S/C23H15N3O4/c27-22(28)15-6-4-14(5-7-15)17-12-20(18-3-1-2-9-24-18)26-21(13-17)19-11-16(23(29)30)8-10-25-19/h1-13H,(H,27,28)(H,29,30). The third-order valence-electron chi connectivity index (χ3n) is 4.49. The first-order valence-electron chi connectivity index (χ1n) is 8.98. The highest BCUT2D eigenvalue weighted by atomic mass is 16.4. The molecule has 0 aliphatic heterocycles.